The molecule has 2 bridgehead atoms. The summed E-state index contributed by atoms with van der Waals surface area (Å²) in [5.74, 6) is -0.960. The van der Waals surface area contributed by atoms with E-state index in [0.717, 1.165) is 51.3 Å². The van der Waals surface area contributed by atoms with Crippen LogP contribution in [0.4, 0.5) is 0 Å². The molecule has 1 aliphatic heterocycles. The second kappa shape index (κ2) is 10.7. The lowest BCUT2D eigenvalue weighted by Gasteiger charge is -2.45. The first-order valence-electron chi connectivity index (χ1n) is 13.0. The zero-order valence-electron chi connectivity index (χ0n) is 21.2. The van der Waals surface area contributed by atoms with Crippen LogP contribution in [0.15, 0.2) is 84.0 Å². The van der Waals surface area contributed by atoms with Gasteiger partial charge in [-0.25, -0.2) is 0 Å². The van der Waals surface area contributed by atoms with Crippen molar-refractivity contribution in [3.05, 3.63) is 129 Å². The van der Waals surface area contributed by atoms with Gasteiger partial charge in [0, 0.05) is 27.4 Å². The molecule has 1 saturated heterocycles. The fourth-order valence-electron chi connectivity index (χ4n) is 6.48. The van der Waals surface area contributed by atoms with Gasteiger partial charge in [-0.3, -0.25) is 9.59 Å². The number of halogens is 4. The molecule has 2 amide bonds. The Kier molecular flexibility index (Phi) is 7.12. The quantitative estimate of drug-likeness (QED) is 0.117. The van der Waals surface area contributed by atoms with Gasteiger partial charge >= 0.3 is 0 Å². The van der Waals surface area contributed by atoms with Crippen LogP contribution in [-0.4, -0.2) is 23.0 Å². The van der Waals surface area contributed by atoms with Gasteiger partial charge in [0.05, 0.1) is 25.2 Å². The van der Waals surface area contributed by atoms with E-state index >= 15 is 0 Å². The Morgan fingerprint density at radius 3 is 1.78 bits per heavy atom. The van der Waals surface area contributed by atoms with E-state index in [1.165, 1.54) is 0 Å². The highest BCUT2D eigenvalue weighted by Crippen LogP contribution is 2.61. The molecule has 41 heavy (non-hydrogen) atoms. The summed E-state index contributed by atoms with van der Waals surface area (Å²) in [5.41, 5.74) is 6.17. The number of benzene rings is 4. The number of carbonyl (C=O) groups excluding carboxylic acids is 2. The normalized spacial score (nSPS) is 22.2. The van der Waals surface area contributed by atoms with Gasteiger partial charge in [0.2, 0.25) is 0 Å². The smallest absolute Gasteiger partial charge is 0.254 e. The first-order valence-corrected chi connectivity index (χ1v) is 15.9. The van der Waals surface area contributed by atoms with Gasteiger partial charge in [0.25, 0.3) is 11.8 Å². The molecule has 0 saturated carbocycles. The van der Waals surface area contributed by atoms with Crippen LogP contribution in [0.25, 0.3) is 0 Å². The second-order valence-electron chi connectivity index (χ2n) is 10.3. The highest BCUT2D eigenvalue weighted by Gasteiger charge is 2.61. The van der Waals surface area contributed by atoms with Gasteiger partial charge in [-0.2, -0.15) is 10.1 Å². The molecule has 8 rings (SSSR count). The topological polar surface area (TPSA) is 59.0 Å². The monoisotopic (exact) mass is 804 g/mol. The lowest BCUT2D eigenvalue weighted by molar-refractivity contribution is -0.139. The van der Waals surface area contributed by atoms with Crippen LogP contribution in [0.5, 0.6) is 5.75 Å². The molecular weight excluding hydrogens is 785 g/mol. The molecule has 4 aliphatic rings. The summed E-state index contributed by atoms with van der Waals surface area (Å²) in [5, 5.41) is 6.68. The average molecular weight is 805 g/mol. The predicted octanol–water partition coefficient (Wildman–Crippen LogP) is 8.01. The van der Waals surface area contributed by atoms with Crippen molar-refractivity contribution in [2.45, 2.75) is 18.4 Å². The third-order valence-corrected chi connectivity index (χ3v) is 10.3. The molecule has 0 N–H and O–H groups in total. The molecule has 4 aromatic rings. The van der Waals surface area contributed by atoms with E-state index in [-0.39, 0.29) is 23.7 Å². The maximum atomic E-state index is 13.8. The largest absolute Gasteiger partial charge is 0.487 e. The van der Waals surface area contributed by atoms with Crippen molar-refractivity contribution >= 4 is 86.4 Å². The van der Waals surface area contributed by atoms with Crippen molar-refractivity contribution in [1.82, 2.24) is 5.01 Å². The molecule has 1 fully saturated rings. The molecule has 0 aromatic heterocycles. The number of carbonyl (C=O) groups is 2. The van der Waals surface area contributed by atoms with E-state index in [9.17, 15) is 9.59 Å². The molecule has 0 radical (unpaired) electrons. The first-order chi connectivity index (χ1) is 19.8. The minimum absolute atomic E-state index is 0.151. The van der Waals surface area contributed by atoms with Crippen molar-refractivity contribution in [1.29, 1.82) is 0 Å². The number of amides is 2. The Balaban J connectivity index is 1.15. The summed E-state index contributed by atoms with van der Waals surface area (Å²) >= 11 is 16.7. The maximum absolute atomic E-state index is 13.8. The highest BCUT2D eigenvalue weighted by atomic mass is 127. The zero-order chi connectivity index (χ0) is 28.4. The Morgan fingerprint density at radius 2 is 1.29 bits per heavy atom. The average Bonchev–Trinajstić information content (AvgIpc) is 3.22. The van der Waals surface area contributed by atoms with Crippen molar-refractivity contribution in [3.63, 3.8) is 0 Å². The third-order valence-electron chi connectivity index (χ3n) is 8.16. The van der Waals surface area contributed by atoms with E-state index in [1.54, 1.807) is 18.3 Å². The van der Waals surface area contributed by atoms with Gasteiger partial charge < -0.3 is 4.74 Å². The van der Waals surface area contributed by atoms with E-state index in [2.05, 4.69) is 74.5 Å². The van der Waals surface area contributed by atoms with Crippen LogP contribution in [0.3, 0.4) is 0 Å². The molecule has 4 aromatic carbocycles. The summed E-state index contributed by atoms with van der Waals surface area (Å²) in [6.45, 7) is 0.294. The Labute approximate surface area is 274 Å². The van der Waals surface area contributed by atoms with Crippen LogP contribution in [0.2, 0.25) is 10.0 Å². The van der Waals surface area contributed by atoms with Crippen molar-refractivity contribution in [2.75, 3.05) is 0 Å². The van der Waals surface area contributed by atoms with E-state index in [4.69, 9.17) is 27.9 Å². The van der Waals surface area contributed by atoms with E-state index in [0.29, 0.717) is 16.7 Å². The fourth-order valence-corrected chi connectivity index (χ4v) is 9.07. The van der Waals surface area contributed by atoms with Gasteiger partial charge in [0.1, 0.15) is 12.4 Å². The molecule has 0 unspecified atom stereocenters. The Morgan fingerprint density at radius 1 is 0.780 bits per heavy atom. The summed E-state index contributed by atoms with van der Waals surface area (Å²) in [6, 6.07) is 25.6. The summed E-state index contributed by atoms with van der Waals surface area (Å²) in [6.07, 6.45) is 1.58. The Bertz CT molecular complexity index is 1650. The highest BCUT2D eigenvalue weighted by molar-refractivity contribution is 14.1. The number of hydrazone groups is 1. The van der Waals surface area contributed by atoms with E-state index < -0.39 is 11.8 Å². The van der Waals surface area contributed by atoms with E-state index in [1.807, 2.05) is 42.5 Å². The maximum Gasteiger partial charge on any atom is 0.254 e. The summed E-state index contributed by atoms with van der Waals surface area (Å²) in [7, 11) is 0. The first kappa shape index (κ1) is 27.4. The lowest BCUT2D eigenvalue weighted by atomic mass is 9.55. The third kappa shape index (κ3) is 4.51. The van der Waals surface area contributed by atoms with Gasteiger partial charge in [-0.1, -0.05) is 77.8 Å². The molecule has 3 aliphatic carbocycles. The number of rotatable bonds is 5. The fraction of sp³-hybridized carbons (Fsp3) is 0.156. The van der Waals surface area contributed by atoms with Crippen LogP contribution >= 0.6 is 68.4 Å². The number of imide groups is 1. The molecule has 5 nitrogen and oxygen atoms in total. The van der Waals surface area contributed by atoms with Crippen LogP contribution < -0.4 is 4.74 Å². The zero-order valence-corrected chi connectivity index (χ0v) is 27.1. The molecule has 1 heterocycles. The molecule has 2 atom stereocenters. The van der Waals surface area contributed by atoms with Crippen LogP contribution in [0, 0.1) is 19.0 Å². The van der Waals surface area contributed by atoms with Crippen molar-refractivity contribution in [3.8, 4) is 5.75 Å². The lowest BCUT2D eigenvalue weighted by Crippen LogP contribution is -2.41. The Hall–Kier alpha value is -2.47. The van der Waals surface area contributed by atoms with Gasteiger partial charge in [-0.15, -0.1) is 0 Å². The summed E-state index contributed by atoms with van der Waals surface area (Å²) < 4.78 is 7.84. The van der Waals surface area contributed by atoms with Crippen molar-refractivity contribution in [2.24, 2.45) is 16.9 Å². The summed E-state index contributed by atoms with van der Waals surface area (Å²) in [4.78, 5) is 27.6. The van der Waals surface area contributed by atoms with Crippen LogP contribution in [0.1, 0.15) is 45.2 Å². The van der Waals surface area contributed by atoms with Crippen LogP contribution in [-0.2, 0) is 16.2 Å². The molecule has 204 valence electrons. The predicted molar refractivity (Wildman–Crippen MR) is 176 cm³/mol. The number of hydrogen-bond acceptors (Lipinski definition) is 4. The minimum atomic E-state index is -0.454. The number of nitrogens with zero attached hydrogens (tertiary/aromatic N) is 2. The molecule has 0 spiro atoms. The molecule has 9 heteroatoms. The standard InChI is InChI=1S/C32H20Cl2I2N2O3/c33-18-10-9-17(23(34)13-18)15-41-30-24(35)11-16(12-25(30)36)14-37-38-31(39)28-26-19-5-1-2-6-20(19)27(29(28)32(38)40)22-8-4-3-7-21(22)26/h1-14,26-29H,15H2/b37-14-/t26?,27?,28-,29-/m1/s1. The number of hydrogen-bond donors (Lipinski definition) is 0. The SMILES string of the molecule is O=C1[C@@H]2C3c4ccccc4C(c4ccccc43)[C@H]2C(=O)N1/N=C\c1cc(I)c(OCc2ccc(Cl)cc2Cl)c(I)c1. The minimum Gasteiger partial charge on any atom is -0.487 e. The van der Waals surface area contributed by atoms with Gasteiger partial charge in [0.15, 0.2) is 0 Å². The second-order valence-corrected chi connectivity index (χ2v) is 13.5. The van der Waals surface area contributed by atoms with Crippen molar-refractivity contribution < 1.29 is 14.3 Å². The van der Waals surface area contributed by atoms with Gasteiger partial charge in [-0.05, 0) is 97.3 Å². The number of ether oxygens (including phenoxy) is 1. The molecular formula is C32H20Cl2I2N2O3.